The summed E-state index contributed by atoms with van der Waals surface area (Å²) in [6.45, 7) is 5.76. The lowest BCUT2D eigenvalue weighted by Gasteiger charge is -2.47. The van der Waals surface area contributed by atoms with E-state index in [4.69, 9.17) is 9.72 Å². The summed E-state index contributed by atoms with van der Waals surface area (Å²) in [6.07, 6.45) is 12.0. The molecule has 0 N–H and O–H groups in total. The predicted octanol–water partition coefficient (Wildman–Crippen LogP) is 4.80. The van der Waals surface area contributed by atoms with Gasteiger partial charge in [0.25, 0.3) is 0 Å². The van der Waals surface area contributed by atoms with Crippen LogP contribution in [0.5, 0.6) is 0 Å². The Morgan fingerprint density at radius 1 is 1.02 bits per heavy atom. The van der Waals surface area contributed by atoms with E-state index in [1.165, 1.54) is 10.9 Å². The van der Waals surface area contributed by atoms with E-state index < -0.39 is 5.82 Å². The minimum atomic E-state index is -0.406. The quantitative estimate of drug-likeness (QED) is 0.290. The third-order valence-electron chi connectivity index (χ3n) is 8.76. The van der Waals surface area contributed by atoms with Gasteiger partial charge in [0.2, 0.25) is 0 Å². The number of fused-ring (bicyclic) bond motifs is 1. The monoisotopic (exact) mass is 563 g/mol. The van der Waals surface area contributed by atoms with Gasteiger partial charge < -0.3 is 14.5 Å². The third-order valence-corrected chi connectivity index (χ3v) is 8.76. The molecule has 7 rings (SSSR count). The molecule has 0 aliphatic carbocycles. The molecule has 5 aromatic rings. The van der Waals surface area contributed by atoms with Crippen molar-refractivity contribution >= 4 is 17.0 Å². The lowest BCUT2D eigenvalue weighted by atomic mass is 9.77. The smallest absolute Gasteiger partial charge is 0.161 e. The van der Waals surface area contributed by atoms with Crippen LogP contribution < -0.4 is 9.80 Å². The summed E-state index contributed by atoms with van der Waals surface area (Å²) >= 11 is 0. The topological polar surface area (TPSA) is 100 Å². The van der Waals surface area contributed by atoms with Crippen LogP contribution in [0.4, 0.5) is 15.9 Å². The molecule has 0 amide bonds. The second-order valence-electron chi connectivity index (χ2n) is 11.3. The Morgan fingerprint density at radius 2 is 1.86 bits per heavy atom. The molecule has 1 spiro atoms. The lowest BCUT2D eigenvalue weighted by Crippen LogP contribution is -2.51. The molecule has 11 heteroatoms. The number of ether oxygens (including phenoxy) is 1. The van der Waals surface area contributed by atoms with Gasteiger partial charge in [0, 0.05) is 49.1 Å². The maximum atomic E-state index is 13.3. The number of pyridine rings is 3. The zero-order valence-electron chi connectivity index (χ0n) is 23.5. The summed E-state index contributed by atoms with van der Waals surface area (Å²) in [5.41, 5.74) is 5.59. The summed E-state index contributed by atoms with van der Waals surface area (Å²) in [5, 5.41) is 18.3. The van der Waals surface area contributed by atoms with E-state index in [0.717, 1.165) is 79.1 Å². The van der Waals surface area contributed by atoms with Crippen LogP contribution >= 0.6 is 0 Å². The Labute approximate surface area is 242 Å². The van der Waals surface area contributed by atoms with Gasteiger partial charge in [0.15, 0.2) is 11.6 Å². The molecule has 10 nitrogen and oxygen atoms in total. The minimum Gasteiger partial charge on any atom is -0.380 e. The van der Waals surface area contributed by atoms with Crippen LogP contribution in [0.25, 0.3) is 22.5 Å². The van der Waals surface area contributed by atoms with Crippen molar-refractivity contribution in [1.82, 2.24) is 29.4 Å². The van der Waals surface area contributed by atoms with Crippen LogP contribution in [-0.2, 0) is 4.74 Å². The molecule has 0 unspecified atom stereocenters. The van der Waals surface area contributed by atoms with Gasteiger partial charge in [-0.25, -0.2) is 23.6 Å². The summed E-state index contributed by atoms with van der Waals surface area (Å²) in [7, 11) is 1.99. The molecule has 42 heavy (non-hydrogen) atoms. The number of nitriles is 1. The number of nitrogens with zero attached hydrogens (tertiary/aromatic N) is 9. The molecular formula is C31H30FN9O. The standard InChI is InChI=1S/C31H30FN9O/c1-21(22-3-6-29(35-13-22)40-17-25(32)16-37-40)38(2)28-5-4-23(14-34-28)27-11-26(18-41-30(27)24(12-33)15-36-41)39-9-7-31(8-10-39)19-42-20-31/h3-6,11,13-18,21H,7-10,19-20H2,1-2H3/t21-/m0/s1. The van der Waals surface area contributed by atoms with Crippen molar-refractivity contribution in [2.24, 2.45) is 5.41 Å². The van der Waals surface area contributed by atoms with Crippen molar-refractivity contribution in [3.05, 3.63) is 84.5 Å². The van der Waals surface area contributed by atoms with Crippen LogP contribution in [0.1, 0.15) is 36.9 Å². The Balaban J connectivity index is 1.14. The van der Waals surface area contributed by atoms with Crippen molar-refractivity contribution < 1.29 is 9.13 Å². The predicted molar refractivity (Wildman–Crippen MR) is 156 cm³/mol. The highest BCUT2D eigenvalue weighted by atomic mass is 19.1. The second-order valence-corrected chi connectivity index (χ2v) is 11.3. The minimum absolute atomic E-state index is 0.0159. The van der Waals surface area contributed by atoms with Crippen LogP contribution in [0.15, 0.2) is 67.5 Å². The molecule has 5 aromatic heterocycles. The van der Waals surface area contributed by atoms with Crippen LogP contribution in [0.3, 0.4) is 0 Å². The maximum absolute atomic E-state index is 13.3. The third kappa shape index (κ3) is 4.54. The molecule has 0 saturated carbocycles. The lowest BCUT2D eigenvalue weighted by molar-refractivity contribution is -0.124. The van der Waals surface area contributed by atoms with E-state index in [0.29, 0.717) is 16.8 Å². The fraction of sp³-hybridized carbons (Fsp3) is 0.323. The molecule has 2 aliphatic rings. The Kier molecular flexibility index (Phi) is 6.35. The normalized spacial score (nSPS) is 16.8. The Hall–Kier alpha value is -4.82. The molecule has 7 heterocycles. The van der Waals surface area contributed by atoms with Gasteiger partial charge in [0.05, 0.1) is 60.8 Å². The number of piperidine rings is 1. The number of hydrogen-bond acceptors (Lipinski definition) is 8. The summed E-state index contributed by atoms with van der Waals surface area (Å²) in [6, 6.07) is 12.3. The number of halogens is 1. The number of rotatable bonds is 6. The molecular weight excluding hydrogens is 533 g/mol. The van der Waals surface area contributed by atoms with E-state index in [1.807, 2.05) is 48.2 Å². The van der Waals surface area contributed by atoms with Crippen LogP contribution in [-0.4, -0.2) is 62.7 Å². The van der Waals surface area contributed by atoms with Gasteiger partial charge >= 0.3 is 0 Å². The van der Waals surface area contributed by atoms with Crippen molar-refractivity contribution in [2.75, 3.05) is 43.2 Å². The molecule has 1 atom stereocenters. The highest BCUT2D eigenvalue weighted by Crippen LogP contribution is 2.40. The first-order chi connectivity index (χ1) is 20.4. The van der Waals surface area contributed by atoms with Crippen LogP contribution in [0.2, 0.25) is 0 Å². The second kappa shape index (κ2) is 10.2. The maximum Gasteiger partial charge on any atom is 0.161 e. The van der Waals surface area contributed by atoms with Gasteiger partial charge in [-0.05, 0) is 49.6 Å². The summed E-state index contributed by atoms with van der Waals surface area (Å²) < 4.78 is 22.1. The summed E-state index contributed by atoms with van der Waals surface area (Å²) in [4.78, 5) is 13.7. The van der Waals surface area contributed by atoms with E-state index in [9.17, 15) is 9.65 Å². The largest absolute Gasteiger partial charge is 0.380 e. The van der Waals surface area contributed by atoms with Gasteiger partial charge in [-0.2, -0.15) is 15.5 Å². The van der Waals surface area contributed by atoms with E-state index in [2.05, 4.69) is 44.0 Å². The molecule has 0 radical (unpaired) electrons. The highest BCUT2D eigenvalue weighted by molar-refractivity contribution is 5.86. The average Bonchev–Trinajstić information content (AvgIpc) is 3.65. The zero-order valence-corrected chi connectivity index (χ0v) is 23.5. The number of anilines is 2. The van der Waals surface area contributed by atoms with Gasteiger partial charge in [-0.1, -0.05) is 6.07 Å². The number of hydrogen-bond donors (Lipinski definition) is 0. The first-order valence-electron chi connectivity index (χ1n) is 14.0. The number of aromatic nitrogens is 6. The fourth-order valence-corrected chi connectivity index (χ4v) is 5.88. The van der Waals surface area contributed by atoms with E-state index >= 15 is 0 Å². The zero-order chi connectivity index (χ0) is 28.8. The molecule has 2 saturated heterocycles. The molecule has 212 valence electrons. The van der Waals surface area contributed by atoms with Crippen molar-refractivity contribution in [2.45, 2.75) is 25.8 Å². The SMILES string of the molecule is C[C@@H](c1ccc(-n2cc(F)cn2)nc1)N(C)c1ccc(-c2cc(N3CCC4(CC3)COC4)cn3ncc(C#N)c23)cn1. The van der Waals surface area contributed by atoms with Crippen molar-refractivity contribution in [3.8, 4) is 23.0 Å². The van der Waals surface area contributed by atoms with Crippen molar-refractivity contribution in [1.29, 1.82) is 5.26 Å². The Bertz CT molecular complexity index is 1770. The molecule has 2 fully saturated rings. The fourth-order valence-electron chi connectivity index (χ4n) is 5.88. The average molecular weight is 564 g/mol. The van der Waals surface area contributed by atoms with Crippen LogP contribution in [0, 0.1) is 22.6 Å². The van der Waals surface area contributed by atoms with Gasteiger partial charge in [0.1, 0.15) is 11.9 Å². The van der Waals surface area contributed by atoms with E-state index in [-0.39, 0.29) is 6.04 Å². The van der Waals surface area contributed by atoms with Crippen molar-refractivity contribution in [3.63, 3.8) is 0 Å². The molecule has 0 aromatic carbocycles. The first kappa shape index (κ1) is 26.1. The highest BCUT2D eigenvalue weighted by Gasteiger charge is 2.41. The first-order valence-corrected chi connectivity index (χ1v) is 14.0. The molecule has 2 aliphatic heterocycles. The summed E-state index contributed by atoms with van der Waals surface area (Å²) in [5.74, 6) is 0.942. The van der Waals surface area contributed by atoms with E-state index in [1.54, 1.807) is 12.4 Å². The van der Waals surface area contributed by atoms with Gasteiger partial charge in [-0.15, -0.1) is 0 Å². The Morgan fingerprint density at radius 3 is 2.48 bits per heavy atom. The molecule has 0 bridgehead atoms. The van der Waals surface area contributed by atoms with Gasteiger partial charge in [-0.3, -0.25) is 0 Å².